The molecular formula is C32H27Cl2FN4O3. The molecule has 3 aromatic carbocycles. The fourth-order valence-corrected chi connectivity index (χ4v) is 8.09. The third-order valence-electron chi connectivity index (χ3n) is 9.71. The number of methoxy groups -OCH3 is 1. The maximum Gasteiger partial charge on any atom is 0.337 e. The van der Waals surface area contributed by atoms with Gasteiger partial charge in [-0.2, -0.15) is 5.10 Å². The van der Waals surface area contributed by atoms with Gasteiger partial charge in [-0.1, -0.05) is 47.5 Å². The number of esters is 1. The second kappa shape index (κ2) is 9.27. The van der Waals surface area contributed by atoms with E-state index >= 15 is 4.39 Å². The molecule has 4 atom stereocenters. The first kappa shape index (κ1) is 26.2. The molecule has 1 saturated heterocycles. The zero-order valence-electron chi connectivity index (χ0n) is 22.7. The molecule has 0 unspecified atom stereocenters. The fourth-order valence-electron chi connectivity index (χ4n) is 7.73. The van der Waals surface area contributed by atoms with E-state index in [4.69, 9.17) is 33.0 Å². The fraction of sp³-hybridized carbons (Fsp3) is 0.344. The van der Waals surface area contributed by atoms with E-state index in [2.05, 4.69) is 10.2 Å². The largest absolute Gasteiger partial charge is 0.465 e. The number of amides is 1. The Bertz CT molecular complexity index is 1820. The molecule has 1 aromatic heterocycles. The number of carbonyl (C=O) groups excluding carboxylic acids is 2. The second-order valence-corrected chi connectivity index (χ2v) is 12.8. The van der Waals surface area contributed by atoms with Gasteiger partial charge in [-0.25, -0.2) is 9.18 Å². The summed E-state index contributed by atoms with van der Waals surface area (Å²) in [6.07, 6.45) is 3.27. The van der Waals surface area contributed by atoms with Crippen molar-refractivity contribution in [2.75, 3.05) is 19.0 Å². The van der Waals surface area contributed by atoms with E-state index in [0.717, 1.165) is 36.0 Å². The van der Waals surface area contributed by atoms with Gasteiger partial charge in [-0.05, 0) is 60.2 Å². The lowest BCUT2D eigenvalue weighted by Crippen LogP contribution is -2.61. The van der Waals surface area contributed by atoms with Crippen molar-refractivity contribution >= 4 is 51.7 Å². The predicted octanol–water partition coefficient (Wildman–Crippen LogP) is 6.18. The number of nitrogens with one attached hydrogen (secondary N) is 1. The highest BCUT2D eigenvalue weighted by Gasteiger charge is 2.67. The average Bonchev–Trinajstić information content (AvgIpc) is 3.57. The molecule has 42 heavy (non-hydrogen) atoms. The molecule has 0 bridgehead atoms. The van der Waals surface area contributed by atoms with Crippen molar-refractivity contribution in [3.05, 3.63) is 92.8 Å². The number of anilines is 1. The quantitative estimate of drug-likeness (QED) is 0.282. The zero-order valence-corrected chi connectivity index (χ0v) is 24.3. The molecule has 7 nitrogen and oxygen atoms in total. The van der Waals surface area contributed by atoms with Gasteiger partial charge in [0.2, 0.25) is 5.91 Å². The highest BCUT2D eigenvalue weighted by Crippen LogP contribution is 2.60. The smallest absolute Gasteiger partial charge is 0.337 e. The summed E-state index contributed by atoms with van der Waals surface area (Å²) in [5.41, 5.74) is 3.08. The van der Waals surface area contributed by atoms with E-state index in [1.54, 1.807) is 30.3 Å². The second-order valence-electron chi connectivity index (χ2n) is 11.9. The number of rotatable bonds is 4. The van der Waals surface area contributed by atoms with Gasteiger partial charge in [0.25, 0.3) is 0 Å². The third-order valence-corrected chi connectivity index (χ3v) is 10.2. The number of halogens is 3. The van der Waals surface area contributed by atoms with Crippen LogP contribution >= 0.6 is 23.2 Å². The van der Waals surface area contributed by atoms with Crippen LogP contribution in [0.5, 0.6) is 0 Å². The van der Waals surface area contributed by atoms with Gasteiger partial charge in [-0.3, -0.25) is 14.4 Å². The van der Waals surface area contributed by atoms with Crippen molar-refractivity contribution in [2.24, 2.45) is 5.92 Å². The summed E-state index contributed by atoms with van der Waals surface area (Å²) in [7, 11) is 1.35. The molecule has 1 amide bonds. The maximum atomic E-state index is 16.1. The Morgan fingerprint density at radius 2 is 2.00 bits per heavy atom. The Labute approximate surface area is 251 Å². The van der Waals surface area contributed by atoms with Gasteiger partial charge in [-0.15, -0.1) is 0 Å². The number of hydrogen-bond donors (Lipinski definition) is 1. The van der Waals surface area contributed by atoms with Crippen molar-refractivity contribution in [3.63, 3.8) is 0 Å². The summed E-state index contributed by atoms with van der Waals surface area (Å²) in [5.74, 6) is -1.21. The predicted molar refractivity (Wildman–Crippen MR) is 158 cm³/mol. The Morgan fingerprint density at radius 3 is 2.79 bits per heavy atom. The summed E-state index contributed by atoms with van der Waals surface area (Å²) < 4.78 is 23.0. The number of hydrogen-bond acceptors (Lipinski definition) is 5. The van der Waals surface area contributed by atoms with Gasteiger partial charge in [0, 0.05) is 53.1 Å². The average molecular weight is 605 g/mol. The maximum absolute atomic E-state index is 16.1. The van der Waals surface area contributed by atoms with Crippen molar-refractivity contribution in [1.29, 1.82) is 0 Å². The zero-order chi connectivity index (χ0) is 28.9. The van der Waals surface area contributed by atoms with Crippen LogP contribution in [-0.4, -0.2) is 51.8 Å². The molecule has 4 aromatic rings. The van der Waals surface area contributed by atoms with Gasteiger partial charge in [0.1, 0.15) is 11.4 Å². The van der Waals surface area contributed by atoms with Gasteiger partial charge < -0.3 is 10.1 Å². The Balaban J connectivity index is 1.36. The van der Waals surface area contributed by atoms with Crippen molar-refractivity contribution in [1.82, 2.24) is 14.7 Å². The van der Waals surface area contributed by atoms with Crippen LogP contribution < -0.4 is 5.32 Å². The van der Waals surface area contributed by atoms with Gasteiger partial charge >= 0.3 is 5.97 Å². The monoisotopic (exact) mass is 604 g/mol. The first-order valence-corrected chi connectivity index (χ1v) is 15.0. The molecule has 4 heterocycles. The minimum atomic E-state index is -1.07. The summed E-state index contributed by atoms with van der Waals surface area (Å²) in [4.78, 5) is 29.1. The molecule has 214 valence electrons. The molecule has 4 aliphatic rings. The first-order valence-electron chi connectivity index (χ1n) is 14.2. The summed E-state index contributed by atoms with van der Waals surface area (Å²) in [6, 6.07) is 15.6. The number of fused-ring (bicyclic) bond motifs is 6. The Morgan fingerprint density at radius 1 is 1.17 bits per heavy atom. The summed E-state index contributed by atoms with van der Waals surface area (Å²) >= 11 is 12.7. The van der Waals surface area contributed by atoms with Crippen LogP contribution in [0.4, 0.5) is 10.1 Å². The van der Waals surface area contributed by atoms with Crippen LogP contribution in [-0.2, 0) is 22.4 Å². The van der Waals surface area contributed by atoms with Gasteiger partial charge in [0.15, 0.2) is 0 Å². The van der Waals surface area contributed by atoms with Gasteiger partial charge in [0.05, 0.1) is 29.3 Å². The molecule has 1 aliphatic carbocycles. The Hall–Kier alpha value is -3.46. The molecule has 8 rings (SSSR count). The number of aromatic nitrogens is 2. The highest BCUT2D eigenvalue weighted by molar-refractivity contribution is 6.31. The van der Waals surface area contributed by atoms with E-state index in [9.17, 15) is 9.59 Å². The molecule has 3 aliphatic heterocycles. The van der Waals surface area contributed by atoms with E-state index in [1.807, 2.05) is 22.9 Å². The summed E-state index contributed by atoms with van der Waals surface area (Å²) in [6.45, 7) is 0.742. The number of ether oxygens (including phenoxy) is 1. The molecule has 10 heteroatoms. The van der Waals surface area contributed by atoms with E-state index in [-0.39, 0.29) is 23.0 Å². The number of benzene rings is 3. The van der Waals surface area contributed by atoms with Crippen LogP contribution in [0.15, 0.2) is 54.6 Å². The van der Waals surface area contributed by atoms with Crippen LogP contribution in [0.2, 0.25) is 10.0 Å². The standard InChI is InChI=1S/C32H27Cl2FN4O3/c1-42-30(40)17-8-10-20-24(11-17)37-39-25(20)13-26-29(39)27(21-3-2-4-22(34)28(21)35)32(38(26)15-16-5-6-16)14-18-7-9-19(33)12-23(18)36-31(32)41/h2-4,7-12,16,26-27,29H,5-6,13-15H2,1H3,(H,36,41)/t26-,27-,29+,32+/m0/s1. The van der Waals surface area contributed by atoms with E-state index in [1.165, 1.54) is 13.2 Å². The number of nitrogens with zero attached hydrogens (tertiary/aromatic N) is 3. The molecule has 1 saturated carbocycles. The molecular weight excluding hydrogens is 578 g/mol. The highest BCUT2D eigenvalue weighted by atomic mass is 35.5. The van der Waals surface area contributed by atoms with E-state index < -0.39 is 23.2 Å². The van der Waals surface area contributed by atoms with Crippen LogP contribution in [0.1, 0.15) is 52.0 Å². The molecule has 1 N–H and O–H groups in total. The lowest BCUT2D eigenvalue weighted by atomic mass is 9.71. The normalized spacial score (nSPS) is 26.3. The molecule has 0 radical (unpaired) electrons. The minimum Gasteiger partial charge on any atom is -0.465 e. The topological polar surface area (TPSA) is 76.5 Å². The Kier molecular flexibility index (Phi) is 5.78. The first-order chi connectivity index (χ1) is 20.3. The van der Waals surface area contributed by atoms with Crippen LogP contribution in [0.25, 0.3) is 10.9 Å². The van der Waals surface area contributed by atoms with Crippen LogP contribution in [0, 0.1) is 11.7 Å². The van der Waals surface area contributed by atoms with Crippen LogP contribution in [0.3, 0.4) is 0 Å². The molecule has 2 fully saturated rings. The minimum absolute atomic E-state index is 0.0230. The number of carbonyl (C=O) groups is 2. The third kappa shape index (κ3) is 3.64. The van der Waals surface area contributed by atoms with E-state index in [0.29, 0.717) is 46.1 Å². The lowest BCUT2D eigenvalue weighted by molar-refractivity contribution is -0.129. The summed E-state index contributed by atoms with van der Waals surface area (Å²) in [5, 5.41) is 9.67. The lowest BCUT2D eigenvalue weighted by Gasteiger charge is -2.46. The molecule has 1 spiro atoms. The van der Waals surface area contributed by atoms with Crippen molar-refractivity contribution in [3.8, 4) is 0 Å². The van der Waals surface area contributed by atoms with Crippen molar-refractivity contribution in [2.45, 2.75) is 49.2 Å². The van der Waals surface area contributed by atoms with Crippen molar-refractivity contribution < 1.29 is 18.7 Å². The SMILES string of the molecule is COC(=O)c1ccc2c3n(nc2c1)[C@@H]1[C@H](C3)N(CC2CC2)[C@]2(Cc3ccc(Cl)cc3NC2=O)[C@H]1c1cccc(Cl)c1F. The number of likely N-dealkylation sites (tertiary alicyclic amines) is 1.